The number of allylic oxidation sites excluding steroid dienone is 32. The van der Waals surface area contributed by atoms with Crippen LogP contribution in [-0.4, -0.2) is 95.9 Å². The number of hydrogen-bond acceptors (Lipinski definition) is 14. The van der Waals surface area contributed by atoms with Gasteiger partial charge in [0.25, 0.3) is 0 Å². The molecule has 0 spiro atoms. The van der Waals surface area contributed by atoms with E-state index in [1.165, 1.54) is 96.3 Å². The highest BCUT2D eigenvalue weighted by atomic mass is 31.2. The highest BCUT2D eigenvalue weighted by molar-refractivity contribution is 7.47. The van der Waals surface area contributed by atoms with Gasteiger partial charge in [0.15, 0.2) is 6.10 Å². The minimum atomic E-state index is -4.96. The largest absolute Gasteiger partial charge is 0.472 e. The molecule has 0 aromatic rings. The van der Waals surface area contributed by atoms with E-state index in [9.17, 15) is 43.5 Å². The molecular weight excluding hydrogens is 1480 g/mol. The third kappa shape index (κ3) is 89.0. The molecule has 0 aromatic carbocycles. The quantitative estimate of drug-likeness (QED) is 0.0146. The lowest BCUT2D eigenvalue weighted by atomic mass is 10.0. The van der Waals surface area contributed by atoms with E-state index in [0.717, 1.165) is 186 Å². The van der Waals surface area contributed by atoms with Gasteiger partial charge < -0.3 is 34.2 Å². The van der Waals surface area contributed by atoms with Crippen LogP contribution in [0.4, 0.5) is 0 Å². The van der Waals surface area contributed by atoms with E-state index in [4.69, 9.17) is 32.3 Å². The van der Waals surface area contributed by atoms with Gasteiger partial charge in [0, 0.05) is 19.3 Å². The maximum atomic E-state index is 13.1. The summed E-state index contributed by atoms with van der Waals surface area (Å²) in [6, 6.07) is 0. The fourth-order valence-corrected chi connectivity index (χ4v) is 13.1. The average Bonchev–Trinajstić information content (AvgIpc) is 0.906. The summed E-state index contributed by atoms with van der Waals surface area (Å²) >= 11 is 0. The third-order valence-corrected chi connectivity index (χ3v) is 20.2. The van der Waals surface area contributed by atoms with Crippen molar-refractivity contribution in [1.82, 2.24) is 0 Å². The molecular formula is C97H160O16P2. The van der Waals surface area contributed by atoms with E-state index < -0.39 is 91.5 Å². The molecule has 5 atom stereocenters. The van der Waals surface area contributed by atoms with Crippen LogP contribution in [-0.2, 0) is 55.8 Å². The van der Waals surface area contributed by atoms with Crippen LogP contribution in [0.2, 0.25) is 0 Å². The van der Waals surface area contributed by atoms with Gasteiger partial charge in [-0.05, 0) is 167 Å². The molecule has 654 valence electrons. The minimum absolute atomic E-state index is 0.0673. The molecule has 115 heavy (non-hydrogen) atoms. The van der Waals surface area contributed by atoms with Gasteiger partial charge in [-0.25, -0.2) is 9.13 Å². The Balaban J connectivity index is 4.69. The number of unbranched alkanes of at least 4 members (excludes halogenated alkanes) is 28. The van der Waals surface area contributed by atoms with Gasteiger partial charge in [-0.15, -0.1) is 0 Å². The standard InChI is InChI=1S/C97H160O16P2/c1-4-7-10-13-16-19-22-25-28-31-34-37-40-42-44-45-47-49-51-53-56-59-62-65-68-71-74-77-80-83-95(100)107-86-92(98)87-109-114(103,104)110-88-93(99)89-111-115(105,106)112-91-94(113-97(102)85-82-79-76-73-70-67-64-61-58-55-50-39-36-33-30-27-24-21-18-15-12-9-6-3)90-108-96(101)84-81-78-75-72-69-66-63-60-57-54-52-48-46-43-41-38-35-32-29-26-23-20-17-14-11-8-5-2/h7,9-10,12,16-21,25-30,34-39,42-44,46-47,49,55,58,64,67,92-94,98-99H,4-6,8,11,13-15,22-24,31-33,40-41,45,48,50-54,56-57,59-63,65-66,68-91H2,1-3H3,(H,103,104)(H,105,106)/b10-7-,12-9-,19-16-,20-17-,21-18-,28-25-,29-26-,30-27-,37-34-,38-35-,39-36-,44-42-,46-43-,49-47-,58-55-,67-64-. The lowest BCUT2D eigenvalue weighted by molar-refractivity contribution is -0.161. The van der Waals surface area contributed by atoms with Gasteiger partial charge in [-0.1, -0.05) is 350 Å². The number of esters is 3. The van der Waals surface area contributed by atoms with Crippen LogP contribution in [0.5, 0.6) is 0 Å². The highest BCUT2D eigenvalue weighted by Gasteiger charge is 2.29. The summed E-state index contributed by atoms with van der Waals surface area (Å²) in [4.78, 5) is 59.0. The molecule has 0 bridgehead atoms. The van der Waals surface area contributed by atoms with Crippen LogP contribution >= 0.6 is 15.6 Å². The molecule has 18 heteroatoms. The molecule has 0 rings (SSSR count). The van der Waals surface area contributed by atoms with Crippen LogP contribution in [0.25, 0.3) is 0 Å². The summed E-state index contributed by atoms with van der Waals surface area (Å²) in [6.45, 7) is 2.40. The molecule has 0 fully saturated rings. The monoisotopic (exact) mass is 1640 g/mol. The lowest BCUT2D eigenvalue weighted by Gasteiger charge is -2.21. The molecule has 5 unspecified atom stereocenters. The Morgan fingerprint density at radius 2 is 0.461 bits per heavy atom. The van der Waals surface area contributed by atoms with Crippen LogP contribution in [0.3, 0.4) is 0 Å². The van der Waals surface area contributed by atoms with Crippen molar-refractivity contribution in [3.63, 3.8) is 0 Å². The lowest BCUT2D eigenvalue weighted by Crippen LogP contribution is -2.30. The average molecular weight is 1640 g/mol. The first-order valence-corrected chi connectivity index (χ1v) is 47.7. The number of phosphoric ester groups is 2. The SMILES string of the molecule is CC/C=C\C/C=C\C/C=C\C/C=C\C/C=C\C/C=C\CCCCCCCCCCCCC(=O)OCC(O)COP(=O)(O)OCC(O)COP(=O)(O)OCC(COC(=O)CCCCCCCCCCCCC/C=C\C/C=C\C/C=C\C/C=C\CCCCC)OC(=O)CCCCCC/C=C\C/C=C\C/C=C\C/C=C\C/C=C\C/C=C\CC. The van der Waals surface area contributed by atoms with E-state index >= 15 is 0 Å². The zero-order valence-electron chi connectivity index (χ0n) is 71.9. The highest BCUT2D eigenvalue weighted by Crippen LogP contribution is 2.45. The Hall–Kier alpha value is -5.61. The predicted octanol–water partition coefficient (Wildman–Crippen LogP) is 27.4. The molecule has 4 N–H and O–H groups in total. The predicted molar refractivity (Wildman–Crippen MR) is 481 cm³/mol. The number of aliphatic hydroxyl groups is 2. The maximum absolute atomic E-state index is 13.1. The van der Waals surface area contributed by atoms with Crippen molar-refractivity contribution in [2.45, 2.75) is 360 Å². The first-order chi connectivity index (χ1) is 56.2. The number of aliphatic hydroxyl groups excluding tert-OH is 2. The summed E-state index contributed by atoms with van der Waals surface area (Å²) in [5.74, 6) is -1.62. The number of ether oxygens (including phenoxy) is 3. The van der Waals surface area contributed by atoms with Crippen LogP contribution < -0.4 is 0 Å². The van der Waals surface area contributed by atoms with Crippen molar-refractivity contribution in [2.24, 2.45) is 0 Å². The summed E-state index contributed by atoms with van der Waals surface area (Å²) in [5.41, 5.74) is 0. The molecule has 0 saturated carbocycles. The fourth-order valence-electron chi connectivity index (χ4n) is 11.6. The van der Waals surface area contributed by atoms with Crippen molar-refractivity contribution in [3.8, 4) is 0 Å². The number of phosphoric acid groups is 2. The molecule has 0 heterocycles. The van der Waals surface area contributed by atoms with Gasteiger partial charge in [0.2, 0.25) is 0 Å². The van der Waals surface area contributed by atoms with Gasteiger partial charge in [0.05, 0.1) is 26.4 Å². The zero-order valence-corrected chi connectivity index (χ0v) is 73.7. The molecule has 0 saturated heterocycles. The van der Waals surface area contributed by atoms with E-state index in [0.29, 0.717) is 19.3 Å². The van der Waals surface area contributed by atoms with Crippen LogP contribution in [0.1, 0.15) is 342 Å². The van der Waals surface area contributed by atoms with Crippen molar-refractivity contribution in [1.29, 1.82) is 0 Å². The van der Waals surface area contributed by atoms with E-state index in [1.54, 1.807) is 0 Å². The number of rotatable bonds is 83. The molecule has 16 nitrogen and oxygen atoms in total. The van der Waals surface area contributed by atoms with Crippen molar-refractivity contribution in [3.05, 3.63) is 194 Å². The van der Waals surface area contributed by atoms with Crippen molar-refractivity contribution >= 4 is 33.6 Å². The van der Waals surface area contributed by atoms with E-state index in [1.807, 2.05) is 0 Å². The number of carbonyl (C=O) groups is 3. The Kier molecular flexibility index (Phi) is 83.4. The van der Waals surface area contributed by atoms with Gasteiger partial charge >= 0.3 is 33.6 Å². The zero-order chi connectivity index (χ0) is 83.6. The number of carbonyl (C=O) groups excluding carboxylic acids is 3. The summed E-state index contributed by atoms with van der Waals surface area (Å²) in [5, 5.41) is 20.7. The van der Waals surface area contributed by atoms with Crippen molar-refractivity contribution in [2.75, 3.05) is 39.6 Å². The molecule has 0 aliphatic heterocycles. The second-order valence-electron chi connectivity index (χ2n) is 29.3. The Labute approximate surface area is 699 Å². The van der Waals surface area contributed by atoms with E-state index in [2.05, 4.69) is 215 Å². The topological polar surface area (TPSA) is 231 Å². The van der Waals surface area contributed by atoms with Gasteiger partial charge in [-0.2, -0.15) is 0 Å². The van der Waals surface area contributed by atoms with Gasteiger partial charge in [-0.3, -0.25) is 32.5 Å². The molecule has 0 aromatic heterocycles. The molecule has 0 amide bonds. The third-order valence-electron chi connectivity index (χ3n) is 18.3. The summed E-state index contributed by atoms with van der Waals surface area (Å²) in [7, 11) is -9.83. The van der Waals surface area contributed by atoms with E-state index in [-0.39, 0.29) is 19.3 Å². The first-order valence-electron chi connectivity index (χ1n) is 44.7. The minimum Gasteiger partial charge on any atom is -0.463 e. The number of hydrogen-bond donors (Lipinski definition) is 4. The van der Waals surface area contributed by atoms with Crippen LogP contribution in [0, 0.1) is 0 Å². The Morgan fingerprint density at radius 3 is 0.730 bits per heavy atom. The molecule has 0 aliphatic rings. The Bertz CT molecular complexity index is 2870. The van der Waals surface area contributed by atoms with Gasteiger partial charge in [0.1, 0.15) is 25.4 Å². The first kappa shape index (κ1) is 109. The summed E-state index contributed by atoms with van der Waals surface area (Å²) in [6.07, 6.45) is 116. The second kappa shape index (κ2) is 87.7. The Morgan fingerprint density at radius 1 is 0.252 bits per heavy atom. The van der Waals surface area contributed by atoms with Crippen LogP contribution in [0.15, 0.2) is 194 Å². The molecule has 0 aliphatic carbocycles. The normalized spacial score (nSPS) is 14.7. The molecule has 0 radical (unpaired) electrons. The van der Waals surface area contributed by atoms with Crippen molar-refractivity contribution < 1.29 is 75.8 Å². The smallest absolute Gasteiger partial charge is 0.463 e. The fraction of sp³-hybridized carbons (Fsp3) is 0.639. The second-order valence-corrected chi connectivity index (χ2v) is 32.2. The maximum Gasteiger partial charge on any atom is 0.472 e. The summed E-state index contributed by atoms with van der Waals surface area (Å²) < 4.78 is 61.4.